The first-order chi connectivity index (χ1) is 18.7. The van der Waals surface area contributed by atoms with Crippen LogP contribution in [0.2, 0.25) is 0 Å². The summed E-state index contributed by atoms with van der Waals surface area (Å²) in [6, 6.07) is 3.35. The average molecular weight is 583 g/mol. The first kappa shape index (κ1) is 28.2. The summed E-state index contributed by atoms with van der Waals surface area (Å²) in [6.07, 6.45) is -4.91. The smallest absolute Gasteiger partial charge is 0.417 e. The van der Waals surface area contributed by atoms with Crippen molar-refractivity contribution in [2.45, 2.75) is 50.4 Å². The molecule has 1 fully saturated rings. The summed E-state index contributed by atoms with van der Waals surface area (Å²) in [7, 11) is 0. The number of anilines is 1. The van der Waals surface area contributed by atoms with Gasteiger partial charge in [-0.2, -0.15) is 18.2 Å². The Morgan fingerprint density at radius 3 is 2.35 bits per heavy atom. The number of thioether (sulfide) groups is 1. The normalized spacial score (nSPS) is 16.3. The second-order valence-electron chi connectivity index (χ2n) is 10.7. The maximum absolute atomic E-state index is 14.9. The monoisotopic (exact) mass is 582 g/mol. The van der Waals surface area contributed by atoms with Crippen LogP contribution in [0.3, 0.4) is 0 Å². The lowest BCUT2D eigenvalue weighted by atomic mass is 9.95. The molecule has 0 bridgehead atoms. The highest BCUT2D eigenvalue weighted by Gasteiger charge is 2.39. The number of ether oxygens (including phenoxy) is 1. The molecular weight excluding hydrogens is 555 g/mol. The number of hydrogen-bond acceptors (Lipinski definition) is 6. The number of aromatic nitrogens is 2. The number of hydrogen-bond donors (Lipinski definition) is 0. The highest BCUT2D eigenvalue weighted by atomic mass is 32.2. The maximum Gasteiger partial charge on any atom is 0.417 e. The molecule has 13 heteroatoms. The summed E-state index contributed by atoms with van der Waals surface area (Å²) in [4.78, 5) is 33.2. The molecule has 1 saturated heterocycles. The van der Waals surface area contributed by atoms with E-state index in [-0.39, 0.29) is 54.3 Å². The van der Waals surface area contributed by atoms with E-state index in [4.69, 9.17) is 4.74 Å². The van der Waals surface area contributed by atoms with E-state index < -0.39 is 51.9 Å². The van der Waals surface area contributed by atoms with E-state index in [1.807, 2.05) is 0 Å². The van der Waals surface area contributed by atoms with Gasteiger partial charge in [-0.3, -0.25) is 4.57 Å². The molecule has 0 unspecified atom stereocenters. The summed E-state index contributed by atoms with van der Waals surface area (Å²) in [5.74, 6) is -1.59. The van der Waals surface area contributed by atoms with Gasteiger partial charge in [0.25, 0.3) is 0 Å². The Hall–Kier alpha value is -3.35. The Morgan fingerprint density at radius 2 is 1.73 bits per heavy atom. The van der Waals surface area contributed by atoms with Crippen molar-refractivity contribution in [2.75, 3.05) is 36.8 Å². The summed E-state index contributed by atoms with van der Waals surface area (Å²) in [5.41, 5.74) is -3.01. The number of piperazine rings is 1. The van der Waals surface area contributed by atoms with Gasteiger partial charge in [0.2, 0.25) is 0 Å². The molecule has 0 radical (unpaired) electrons. The van der Waals surface area contributed by atoms with Crippen molar-refractivity contribution in [1.29, 1.82) is 0 Å². The predicted molar refractivity (Wildman–Crippen MR) is 142 cm³/mol. The van der Waals surface area contributed by atoms with Gasteiger partial charge in [0.05, 0.1) is 11.1 Å². The Morgan fingerprint density at radius 1 is 1.02 bits per heavy atom. The molecule has 0 saturated carbocycles. The van der Waals surface area contributed by atoms with E-state index >= 15 is 0 Å². The van der Waals surface area contributed by atoms with E-state index in [9.17, 15) is 31.5 Å². The van der Waals surface area contributed by atoms with Gasteiger partial charge in [-0.05, 0) is 51.1 Å². The fourth-order valence-corrected chi connectivity index (χ4v) is 6.19. The molecule has 5 rings (SSSR count). The van der Waals surface area contributed by atoms with Crippen molar-refractivity contribution in [1.82, 2.24) is 14.5 Å². The van der Waals surface area contributed by atoms with Gasteiger partial charge in [0, 0.05) is 60.2 Å². The number of carbonyl (C=O) groups is 1. The van der Waals surface area contributed by atoms with Crippen LogP contribution in [0.25, 0.3) is 22.0 Å². The Kier molecular flexibility index (Phi) is 7.22. The van der Waals surface area contributed by atoms with E-state index in [2.05, 4.69) is 4.98 Å². The van der Waals surface area contributed by atoms with Crippen LogP contribution in [0.5, 0.6) is 0 Å². The lowest BCUT2D eigenvalue weighted by Gasteiger charge is -2.36. The number of benzene rings is 2. The van der Waals surface area contributed by atoms with Gasteiger partial charge in [-0.1, -0.05) is 0 Å². The Balaban J connectivity index is 1.68. The van der Waals surface area contributed by atoms with Crippen molar-refractivity contribution < 1.29 is 31.5 Å². The van der Waals surface area contributed by atoms with Crippen molar-refractivity contribution in [3.63, 3.8) is 0 Å². The lowest BCUT2D eigenvalue weighted by molar-refractivity contribution is -0.137. The van der Waals surface area contributed by atoms with Crippen LogP contribution in [-0.2, 0) is 17.5 Å². The van der Waals surface area contributed by atoms with E-state index in [1.165, 1.54) is 9.47 Å². The Bertz CT molecular complexity index is 1540. The van der Waals surface area contributed by atoms with Crippen LogP contribution in [0.15, 0.2) is 34.0 Å². The zero-order chi connectivity index (χ0) is 29.0. The van der Waals surface area contributed by atoms with Crippen LogP contribution < -0.4 is 10.6 Å². The van der Waals surface area contributed by atoms with Gasteiger partial charge in [-0.15, -0.1) is 11.8 Å². The molecule has 0 spiro atoms. The number of amides is 1. The summed E-state index contributed by atoms with van der Waals surface area (Å²) >= 11 is 1.10. The molecule has 0 atom stereocenters. The minimum absolute atomic E-state index is 0.0699. The van der Waals surface area contributed by atoms with E-state index in [1.54, 1.807) is 25.7 Å². The van der Waals surface area contributed by atoms with Crippen molar-refractivity contribution in [3.8, 4) is 11.1 Å². The van der Waals surface area contributed by atoms with Crippen LogP contribution in [-0.4, -0.2) is 58.1 Å². The minimum atomic E-state index is -4.89. The molecule has 0 aliphatic carbocycles. The molecule has 3 aromatic rings. The van der Waals surface area contributed by atoms with Gasteiger partial charge < -0.3 is 14.5 Å². The van der Waals surface area contributed by atoms with Crippen molar-refractivity contribution in [2.24, 2.45) is 0 Å². The molecule has 0 N–H and O–H groups in total. The molecule has 1 aromatic heterocycles. The molecule has 2 aliphatic heterocycles. The first-order valence-electron chi connectivity index (χ1n) is 12.7. The van der Waals surface area contributed by atoms with E-state index in [0.29, 0.717) is 18.2 Å². The first-order valence-corrected chi connectivity index (χ1v) is 13.7. The fourth-order valence-electron chi connectivity index (χ4n) is 4.99. The van der Waals surface area contributed by atoms with Gasteiger partial charge in [-0.25, -0.2) is 18.4 Å². The molecule has 3 heterocycles. The molecule has 1 amide bonds. The average Bonchev–Trinajstić information content (AvgIpc) is 3.09. The lowest BCUT2D eigenvalue weighted by Crippen LogP contribution is -2.50. The summed E-state index contributed by atoms with van der Waals surface area (Å²) in [6.45, 7) is 6.33. The summed E-state index contributed by atoms with van der Waals surface area (Å²) < 4.78 is 79.1. The molecule has 214 valence electrons. The number of carbonyl (C=O) groups excluding carboxylic acids is 1. The molecule has 2 aromatic carbocycles. The van der Waals surface area contributed by atoms with Gasteiger partial charge >= 0.3 is 18.0 Å². The number of halogens is 5. The number of nitrogens with zero attached hydrogens (tertiary/aromatic N) is 4. The van der Waals surface area contributed by atoms with Crippen LogP contribution in [0, 0.1) is 11.6 Å². The van der Waals surface area contributed by atoms with Crippen molar-refractivity contribution >= 4 is 34.6 Å². The quantitative estimate of drug-likeness (QED) is 0.350. The highest BCUT2D eigenvalue weighted by Crippen LogP contribution is 2.48. The largest absolute Gasteiger partial charge is 0.444 e. The third kappa shape index (κ3) is 5.35. The number of rotatable bonds is 2. The molecule has 40 heavy (non-hydrogen) atoms. The molecule has 2 aliphatic rings. The fraction of sp³-hybridized carbons (Fsp3) is 0.444. The molecular formula is C27H27F5N4O3S. The second kappa shape index (κ2) is 10.2. The van der Waals surface area contributed by atoms with Gasteiger partial charge in [0.1, 0.15) is 23.1 Å². The van der Waals surface area contributed by atoms with Crippen LogP contribution in [0.1, 0.15) is 32.8 Å². The number of aryl methyl sites for hydroxylation is 1. The minimum Gasteiger partial charge on any atom is -0.444 e. The zero-order valence-corrected chi connectivity index (χ0v) is 22.9. The second-order valence-corrected chi connectivity index (χ2v) is 11.8. The maximum atomic E-state index is 14.9. The highest BCUT2D eigenvalue weighted by molar-refractivity contribution is 7.99. The topological polar surface area (TPSA) is 67.7 Å². The SMILES string of the molecule is CC(C)(C)OC(=O)N1CCN(c2nc(=O)n3c4c(c(-c5ccc(F)cc5F)c(C(F)(F)F)cc24)SCCC3)CC1. The van der Waals surface area contributed by atoms with Crippen LogP contribution >= 0.6 is 11.8 Å². The standard InChI is InChI=1S/C27H27F5N4O3S/c1-26(2,3)39-25(38)35-10-8-34(9-11-35)23-17-14-18(27(30,31)32)20(16-6-5-15(28)13-19(16)29)22-21(17)36(24(37)33-23)7-4-12-40-22/h5-6,13-14H,4,7-12H2,1-3H3. The van der Waals surface area contributed by atoms with E-state index in [0.717, 1.165) is 30.0 Å². The Labute approximate surface area is 230 Å². The predicted octanol–water partition coefficient (Wildman–Crippen LogP) is 5.91. The third-order valence-corrected chi connectivity index (χ3v) is 7.89. The molecule has 7 nitrogen and oxygen atoms in total. The summed E-state index contributed by atoms with van der Waals surface area (Å²) in [5, 5.41) is 0.105. The number of alkyl halides is 3. The van der Waals surface area contributed by atoms with Crippen LogP contribution in [0.4, 0.5) is 32.6 Å². The zero-order valence-electron chi connectivity index (χ0n) is 22.1. The van der Waals surface area contributed by atoms with Gasteiger partial charge in [0.15, 0.2) is 0 Å². The third-order valence-electron chi connectivity index (χ3n) is 6.71. The van der Waals surface area contributed by atoms with Crippen molar-refractivity contribution in [3.05, 3.63) is 51.9 Å².